The second-order valence-corrected chi connectivity index (χ2v) is 14.3. The number of rotatable bonds is 20. The van der Waals surface area contributed by atoms with Crippen LogP contribution in [-0.4, -0.2) is 103 Å². The summed E-state index contributed by atoms with van der Waals surface area (Å²) in [6.45, 7) is 11.0. The minimum Gasteiger partial charge on any atom is -0.484 e. The summed E-state index contributed by atoms with van der Waals surface area (Å²) in [7, 11) is 0. The maximum absolute atomic E-state index is 13.4. The van der Waals surface area contributed by atoms with Crippen LogP contribution in [0.3, 0.4) is 0 Å². The van der Waals surface area contributed by atoms with Gasteiger partial charge in [-0.2, -0.15) is 0 Å². The molecule has 5 atom stereocenters. The van der Waals surface area contributed by atoms with Gasteiger partial charge in [0.2, 0.25) is 23.6 Å². The van der Waals surface area contributed by atoms with E-state index in [0.717, 1.165) is 10.8 Å². The molecule has 294 valence electrons. The summed E-state index contributed by atoms with van der Waals surface area (Å²) < 4.78 is 10.8. The van der Waals surface area contributed by atoms with E-state index >= 15 is 0 Å². The van der Waals surface area contributed by atoms with Gasteiger partial charge in [-0.3, -0.25) is 24.0 Å². The number of carbonyl (C=O) groups is 6. The molecule has 0 heterocycles. The van der Waals surface area contributed by atoms with E-state index in [1.54, 1.807) is 47.6 Å². The van der Waals surface area contributed by atoms with Crippen LogP contribution in [0.15, 0.2) is 42.5 Å². The molecule has 0 aliphatic carbocycles. The number of carbonyl (C=O) groups excluding carboxylic acids is 6. The van der Waals surface area contributed by atoms with E-state index in [0.29, 0.717) is 25.1 Å². The van der Waals surface area contributed by atoms with E-state index in [2.05, 4.69) is 31.9 Å². The molecule has 0 aromatic heterocycles. The molecule has 0 saturated heterocycles. The Morgan fingerprint density at radius 1 is 0.792 bits per heavy atom. The van der Waals surface area contributed by atoms with Crippen molar-refractivity contribution in [2.75, 3.05) is 26.3 Å². The van der Waals surface area contributed by atoms with Crippen molar-refractivity contribution in [3.05, 3.63) is 42.5 Å². The Labute approximate surface area is 311 Å². The van der Waals surface area contributed by atoms with Crippen molar-refractivity contribution in [3.8, 4) is 5.75 Å². The van der Waals surface area contributed by atoms with E-state index in [4.69, 9.17) is 15.2 Å². The molecule has 16 heteroatoms. The number of nitrogens with two attached hydrogens (primary N) is 1. The van der Waals surface area contributed by atoms with Crippen molar-refractivity contribution in [3.63, 3.8) is 0 Å². The molecule has 2 aromatic carbocycles. The van der Waals surface area contributed by atoms with Gasteiger partial charge in [0.05, 0.1) is 18.7 Å². The highest BCUT2D eigenvalue weighted by Crippen LogP contribution is 2.20. The fraction of sp³-hybridized carbons (Fsp3) is 0.568. The lowest BCUT2D eigenvalue weighted by atomic mass is 10.0. The van der Waals surface area contributed by atoms with Crippen LogP contribution < -0.4 is 42.4 Å². The lowest BCUT2D eigenvalue weighted by molar-refractivity contribution is -0.134. The number of aliphatic hydroxyl groups excluding tert-OH is 1. The van der Waals surface area contributed by atoms with Crippen LogP contribution in [-0.2, 0) is 28.7 Å². The first-order valence-electron chi connectivity index (χ1n) is 17.8. The standard InChI is InChI=1S/C37H57N7O9/c1-22(2)31(34(49)39-19-29(46)42-32(24(4)45)35(50)40-23(3)20-53-36(51)44-37(5,6)7)43-33(48)28(14-10-11-17-38)41-30(47)21-52-27-16-15-25-12-8-9-13-26(25)18-27/h8-9,12-13,15-16,18,22-24,28,31-32,45H,10-11,14,17,19-21,38H2,1-7H3,(H,39,49)(H,40,50)(H,41,47)(H,42,46)(H,43,48)(H,44,51)/t23-,24+,28-,31-,32-/m0/s1. The summed E-state index contributed by atoms with van der Waals surface area (Å²) in [5.74, 6) is -3.23. The van der Waals surface area contributed by atoms with Crippen LogP contribution in [0.2, 0.25) is 0 Å². The zero-order valence-corrected chi connectivity index (χ0v) is 31.7. The topological polar surface area (TPSA) is 239 Å². The zero-order chi connectivity index (χ0) is 39.7. The molecule has 0 aliphatic heterocycles. The van der Waals surface area contributed by atoms with Crippen LogP contribution in [0.4, 0.5) is 4.79 Å². The van der Waals surface area contributed by atoms with Crippen molar-refractivity contribution in [1.82, 2.24) is 31.9 Å². The van der Waals surface area contributed by atoms with Gasteiger partial charge in [0.25, 0.3) is 5.91 Å². The molecule has 0 aliphatic rings. The summed E-state index contributed by atoms with van der Waals surface area (Å²) in [6.07, 6.45) is -0.561. The first-order chi connectivity index (χ1) is 24.9. The SMILES string of the molecule is CC(C)[C@H](NC(=O)[C@H](CCCCN)NC(=O)COc1ccc2ccccc2c1)C(=O)NCC(=O)N[C@H](C(=O)N[C@@H](C)COC(=O)NC(C)(C)C)[C@@H](C)O. The lowest BCUT2D eigenvalue weighted by Crippen LogP contribution is -2.58. The number of amides is 6. The Bertz CT molecular complexity index is 1540. The van der Waals surface area contributed by atoms with Gasteiger partial charge in [0, 0.05) is 5.54 Å². The smallest absolute Gasteiger partial charge is 0.407 e. The zero-order valence-electron chi connectivity index (χ0n) is 31.7. The number of benzene rings is 2. The molecule has 6 amide bonds. The Morgan fingerprint density at radius 2 is 1.47 bits per heavy atom. The maximum Gasteiger partial charge on any atom is 0.407 e. The highest BCUT2D eigenvalue weighted by atomic mass is 16.5. The van der Waals surface area contributed by atoms with E-state index in [1.807, 2.05) is 36.4 Å². The minimum absolute atomic E-state index is 0.164. The molecule has 0 unspecified atom stereocenters. The Balaban J connectivity index is 1.95. The summed E-state index contributed by atoms with van der Waals surface area (Å²) in [6, 6.07) is 9.06. The predicted molar refractivity (Wildman–Crippen MR) is 200 cm³/mol. The molecule has 9 N–H and O–H groups in total. The summed E-state index contributed by atoms with van der Waals surface area (Å²) >= 11 is 0. The number of unbranched alkanes of at least 4 members (excludes halogenated alkanes) is 1. The fourth-order valence-corrected chi connectivity index (χ4v) is 5.02. The molecule has 2 aromatic rings. The number of fused-ring (bicyclic) bond motifs is 1. The predicted octanol–water partition coefficient (Wildman–Crippen LogP) is 0.984. The van der Waals surface area contributed by atoms with Crippen molar-refractivity contribution in [1.29, 1.82) is 0 Å². The quantitative estimate of drug-likeness (QED) is 0.0895. The van der Waals surface area contributed by atoms with Crippen molar-refractivity contribution < 1.29 is 43.3 Å². The van der Waals surface area contributed by atoms with Gasteiger partial charge in [-0.15, -0.1) is 0 Å². The first kappa shape index (κ1) is 44.2. The Kier molecular flexibility index (Phi) is 18.0. The van der Waals surface area contributed by atoms with Crippen molar-refractivity contribution in [2.45, 2.75) is 104 Å². The van der Waals surface area contributed by atoms with E-state index < -0.39 is 83.9 Å². The molecule has 0 fully saturated rings. The summed E-state index contributed by atoms with van der Waals surface area (Å²) in [5.41, 5.74) is 5.12. The third kappa shape index (κ3) is 16.5. The molecule has 16 nitrogen and oxygen atoms in total. The number of nitrogens with one attached hydrogen (secondary N) is 6. The van der Waals surface area contributed by atoms with Gasteiger partial charge in [0.1, 0.15) is 30.5 Å². The number of alkyl carbamates (subject to hydrolysis) is 1. The van der Waals surface area contributed by atoms with Crippen molar-refractivity contribution >= 4 is 46.4 Å². The van der Waals surface area contributed by atoms with Crippen LogP contribution >= 0.6 is 0 Å². The summed E-state index contributed by atoms with van der Waals surface area (Å²) in [4.78, 5) is 77.0. The van der Waals surface area contributed by atoms with Gasteiger partial charge in [-0.05, 0) is 89.2 Å². The van der Waals surface area contributed by atoms with E-state index in [9.17, 15) is 33.9 Å². The number of hydrogen-bond donors (Lipinski definition) is 8. The van der Waals surface area contributed by atoms with E-state index in [-0.39, 0.29) is 19.6 Å². The highest BCUT2D eigenvalue weighted by Gasteiger charge is 2.31. The van der Waals surface area contributed by atoms with Crippen LogP contribution in [0.25, 0.3) is 10.8 Å². The third-order valence-corrected chi connectivity index (χ3v) is 7.77. The molecular formula is C37H57N7O9. The second kappa shape index (κ2) is 21.5. The molecule has 0 spiro atoms. The average molecular weight is 744 g/mol. The Morgan fingerprint density at radius 3 is 2.09 bits per heavy atom. The normalized spacial score (nSPS) is 14.2. The molecule has 53 heavy (non-hydrogen) atoms. The van der Waals surface area contributed by atoms with Gasteiger partial charge in [-0.25, -0.2) is 4.79 Å². The molecular weight excluding hydrogens is 686 g/mol. The van der Waals surface area contributed by atoms with Crippen LogP contribution in [0, 0.1) is 5.92 Å². The monoisotopic (exact) mass is 743 g/mol. The largest absolute Gasteiger partial charge is 0.484 e. The van der Waals surface area contributed by atoms with Crippen LogP contribution in [0.5, 0.6) is 5.75 Å². The van der Waals surface area contributed by atoms with Crippen molar-refractivity contribution in [2.24, 2.45) is 11.7 Å². The van der Waals surface area contributed by atoms with Gasteiger partial charge >= 0.3 is 6.09 Å². The molecule has 2 rings (SSSR count). The lowest BCUT2D eigenvalue weighted by Gasteiger charge is -2.26. The maximum atomic E-state index is 13.4. The number of ether oxygens (including phenoxy) is 2. The van der Waals surface area contributed by atoms with Gasteiger partial charge in [-0.1, -0.05) is 44.2 Å². The highest BCUT2D eigenvalue weighted by molar-refractivity contribution is 5.94. The molecule has 0 radical (unpaired) electrons. The Hall–Kier alpha value is -4.96. The van der Waals surface area contributed by atoms with E-state index in [1.165, 1.54) is 6.92 Å². The number of hydrogen-bond acceptors (Lipinski definition) is 10. The van der Waals surface area contributed by atoms with Gasteiger partial charge in [0.15, 0.2) is 6.61 Å². The summed E-state index contributed by atoms with van der Waals surface area (Å²) in [5, 5.41) is 27.6. The minimum atomic E-state index is -1.38. The number of aliphatic hydroxyl groups is 1. The van der Waals surface area contributed by atoms with Crippen LogP contribution in [0.1, 0.15) is 67.7 Å². The fourth-order valence-electron chi connectivity index (χ4n) is 5.02. The third-order valence-electron chi connectivity index (χ3n) is 7.77. The second-order valence-electron chi connectivity index (χ2n) is 14.3. The molecule has 0 bridgehead atoms. The van der Waals surface area contributed by atoms with Gasteiger partial charge < -0.3 is 52.2 Å². The molecule has 0 saturated carbocycles. The first-order valence-corrected chi connectivity index (χ1v) is 17.8. The average Bonchev–Trinajstić information content (AvgIpc) is 3.08.